The number of rotatable bonds is 2. The molecule has 0 saturated carbocycles. The summed E-state index contributed by atoms with van der Waals surface area (Å²) in [5, 5.41) is 4.76. The van der Waals surface area contributed by atoms with E-state index in [2.05, 4.69) is 0 Å². The molecule has 5 rings (SSSR count). The predicted molar refractivity (Wildman–Crippen MR) is 99.5 cm³/mol. The summed E-state index contributed by atoms with van der Waals surface area (Å²) in [5.74, 6) is -0.422. The molecule has 0 bridgehead atoms. The number of cyclic esters (lactones) is 1. The molecule has 4 aromatic rings. The fraction of sp³-hybridized carbons (Fsp3) is 0.0476. The molecule has 1 aliphatic heterocycles. The van der Waals surface area contributed by atoms with Gasteiger partial charge in [-0.15, -0.1) is 0 Å². The molecule has 0 N–H and O–H groups in total. The summed E-state index contributed by atoms with van der Waals surface area (Å²) >= 11 is 1.55. The highest BCUT2D eigenvalue weighted by molar-refractivity contribution is 7.08. The van der Waals surface area contributed by atoms with Gasteiger partial charge in [0.2, 0.25) is 0 Å². The van der Waals surface area contributed by atoms with E-state index >= 15 is 0 Å². The Morgan fingerprint density at radius 2 is 1.73 bits per heavy atom. The Morgan fingerprint density at radius 3 is 2.58 bits per heavy atom. The number of fused-ring (bicyclic) bond motifs is 2. The van der Waals surface area contributed by atoms with Crippen molar-refractivity contribution in [1.82, 2.24) is 0 Å². The Hall–Kier alpha value is -3.18. The summed E-state index contributed by atoms with van der Waals surface area (Å²) in [6, 6.07) is 16.5. The van der Waals surface area contributed by atoms with Crippen LogP contribution in [0.2, 0.25) is 0 Å². The van der Waals surface area contributed by atoms with E-state index in [-0.39, 0.29) is 0 Å². The lowest BCUT2D eigenvalue weighted by Crippen LogP contribution is -2.16. The minimum Gasteiger partial charge on any atom is -0.449 e. The molecule has 1 aliphatic rings. The molecule has 0 aliphatic carbocycles. The quantitative estimate of drug-likeness (QED) is 0.381. The lowest BCUT2D eigenvalue weighted by atomic mass is 9.92. The molecule has 1 atom stereocenters. The molecule has 0 saturated heterocycles. The van der Waals surface area contributed by atoms with Gasteiger partial charge in [-0.05, 0) is 34.5 Å². The van der Waals surface area contributed by atoms with Crippen molar-refractivity contribution in [2.24, 2.45) is 0 Å². The molecule has 0 spiro atoms. The molecule has 3 heterocycles. The molecule has 26 heavy (non-hydrogen) atoms. The minimum absolute atomic E-state index is 0.361. The predicted octanol–water partition coefficient (Wildman–Crippen LogP) is 4.78. The second-order valence-corrected chi connectivity index (χ2v) is 6.84. The maximum absolute atomic E-state index is 12.9. The number of esters is 1. The third kappa shape index (κ3) is 2.14. The van der Waals surface area contributed by atoms with Gasteiger partial charge in [-0.25, -0.2) is 9.59 Å². The van der Waals surface area contributed by atoms with E-state index in [9.17, 15) is 9.59 Å². The maximum Gasteiger partial charge on any atom is 0.344 e. The number of para-hydroxylation sites is 1. The van der Waals surface area contributed by atoms with Crippen LogP contribution in [0.15, 0.2) is 74.6 Å². The van der Waals surface area contributed by atoms with Gasteiger partial charge in [0, 0.05) is 16.5 Å². The first-order valence-corrected chi connectivity index (χ1v) is 9.06. The van der Waals surface area contributed by atoms with Gasteiger partial charge < -0.3 is 9.15 Å². The average Bonchev–Trinajstić information content (AvgIpc) is 3.29. The van der Waals surface area contributed by atoms with Crippen LogP contribution >= 0.6 is 11.3 Å². The highest BCUT2D eigenvalue weighted by atomic mass is 32.1. The molecule has 0 amide bonds. The fourth-order valence-electron chi connectivity index (χ4n) is 3.48. The lowest BCUT2D eigenvalue weighted by molar-refractivity contribution is 0.0452. The molecule has 2 aromatic carbocycles. The van der Waals surface area contributed by atoms with E-state index in [1.807, 2.05) is 47.2 Å². The Balaban J connectivity index is 1.87. The molecular weight excluding hydrogens is 348 g/mol. The van der Waals surface area contributed by atoms with E-state index in [1.165, 1.54) is 0 Å². The maximum atomic E-state index is 12.9. The second-order valence-electron chi connectivity index (χ2n) is 6.06. The highest BCUT2D eigenvalue weighted by Gasteiger charge is 2.36. The second kappa shape index (κ2) is 5.68. The SMILES string of the molecule is O=C1OC(c2c(-c3ccsc3)c3ccccc3oc2=O)c2ccccc21. The zero-order chi connectivity index (χ0) is 17.7. The van der Waals surface area contributed by atoms with Gasteiger partial charge in [0.1, 0.15) is 5.58 Å². The summed E-state index contributed by atoms with van der Waals surface area (Å²) in [5.41, 5.74) is 3.24. The van der Waals surface area contributed by atoms with E-state index in [0.717, 1.165) is 16.5 Å². The number of hydrogen-bond acceptors (Lipinski definition) is 5. The van der Waals surface area contributed by atoms with Crippen LogP contribution in [-0.2, 0) is 4.74 Å². The third-order valence-electron chi connectivity index (χ3n) is 4.61. The lowest BCUT2D eigenvalue weighted by Gasteiger charge is -2.16. The zero-order valence-electron chi connectivity index (χ0n) is 13.5. The smallest absolute Gasteiger partial charge is 0.344 e. The number of hydrogen-bond donors (Lipinski definition) is 0. The highest BCUT2D eigenvalue weighted by Crippen LogP contribution is 2.41. The van der Waals surface area contributed by atoms with Crippen molar-refractivity contribution < 1.29 is 13.9 Å². The largest absolute Gasteiger partial charge is 0.449 e. The Labute approximate surface area is 152 Å². The summed E-state index contributed by atoms with van der Waals surface area (Å²) in [6.45, 7) is 0. The molecule has 2 aromatic heterocycles. The van der Waals surface area contributed by atoms with Crippen molar-refractivity contribution in [2.75, 3.05) is 0 Å². The van der Waals surface area contributed by atoms with Gasteiger partial charge in [-0.1, -0.05) is 36.4 Å². The first kappa shape index (κ1) is 15.1. The number of ether oxygens (including phenoxy) is 1. The summed E-state index contributed by atoms with van der Waals surface area (Å²) in [6.07, 6.45) is -0.769. The van der Waals surface area contributed by atoms with Crippen molar-refractivity contribution in [3.05, 3.63) is 92.5 Å². The van der Waals surface area contributed by atoms with Crippen LogP contribution in [0.25, 0.3) is 22.1 Å². The number of carbonyl (C=O) groups is 1. The summed E-state index contributed by atoms with van der Waals surface area (Å²) in [4.78, 5) is 25.2. The number of thiophene rings is 1. The van der Waals surface area contributed by atoms with Crippen LogP contribution in [-0.4, -0.2) is 5.97 Å². The molecule has 0 fully saturated rings. The molecule has 5 heteroatoms. The van der Waals surface area contributed by atoms with Crippen LogP contribution in [0.1, 0.15) is 27.6 Å². The van der Waals surface area contributed by atoms with E-state index in [1.54, 1.807) is 29.5 Å². The molecule has 4 nitrogen and oxygen atoms in total. The van der Waals surface area contributed by atoms with Gasteiger partial charge >= 0.3 is 11.6 Å². The van der Waals surface area contributed by atoms with Gasteiger partial charge in [-0.3, -0.25) is 0 Å². The zero-order valence-corrected chi connectivity index (χ0v) is 14.3. The van der Waals surface area contributed by atoms with Gasteiger partial charge in [0.15, 0.2) is 6.10 Å². The Bertz CT molecular complexity index is 1200. The molecular formula is C21H12O4S. The third-order valence-corrected chi connectivity index (χ3v) is 5.29. The summed E-state index contributed by atoms with van der Waals surface area (Å²) in [7, 11) is 0. The van der Waals surface area contributed by atoms with Gasteiger partial charge in [0.25, 0.3) is 0 Å². The number of carbonyl (C=O) groups excluding carboxylic acids is 1. The normalized spacial score (nSPS) is 15.8. The Morgan fingerprint density at radius 1 is 0.923 bits per heavy atom. The average molecular weight is 360 g/mol. The molecule has 1 unspecified atom stereocenters. The monoisotopic (exact) mass is 360 g/mol. The minimum atomic E-state index is -0.769. The van der Waals surface area contributed by atoms with E-state index in [4.69, 9.17) is 9.15 Å². The number of benzene rings is 2. The van der Waals surface area contributed by atoms with Crippen LogP contribution < -0.4 is 5.63 Å². The van der Waals surface area contributed by atoms with Crippen LogP contribution in [0.5, 0.6) is 0 Å². The van der Waals surface area contributed by atoms with Crippen molar-refractivity contribution >= 4 is 28.3 Å². The molecule has 0 radical (unpaired) electrons. The topological polar surface area (TPSA) is 56.5 Å². The van der Waals surface area contributed by atoms with Crippen LogP contribution in [0, 0.1) is 0 Å². The summed E-state index contributed by atoms with van der Waals surface area (Å²) < 4.78 is 11.1. The van der Waals surface area contributed by atoms with Crippen molar-refractivity contribution in [1.29, 1.82) is 0 Å². The first-order valence-electron chi connectivity index (χ1n) is 8.12. The van der Waals surface area contributed by atoms with E-state index < -0.39 is 17.7 Å². The standard InChI is InChI=1S/C21H12O4S/c22-20-14-6-2-1-5-13(14)19(25-20)18-17(12-9-10-26-11-12)15-7-3-4-8-16(15)24-21(18)23/h1-11,19H. The van der Waals surface area contributed by atoms with E-state index in [0.29, 0.717) is 22.3 Å². The Kier molecular flexibility index (Phi) is 3.30. The van der Waals surface area contributed by atoms with Crippen LogP contribution in [0.4, 0.5) is 0 Å². The van der Waals surface area contributed by atoms with Gasteiger partial charge in [-0.2, -0.15) is 11.3 Å². The van der Waals surface area contributed by atoms with Crippen molar-refractivity contribution in [3.63, 3.8) is 0 Å². The van der Waals surface area contributed by atoms with Crippen molar-refractivity contribution in [2.45, 2.75) is 6.10 Å². The fourth-order valence-corrected chi connectivity index (χ4v) is 4.13. The van der Waals surface area contributed by atoms with Gasteiger partial charge in [0.05, 0.1) is 11.1 Å². The van der Waals surface area contributed by atoms with Crippen LogP contribution in [0.3, 0.4) is 0 Å². The van der Waals surface area contributed by atoms with Crippen molar-refractivity contribution in [3.8, 4) is 11.1 Å². The first-order chi connectivity index (χ1) is 12.7. The molecule has 126 valence electrons.